The zero-order valence-corrected chi connectivity index (χ0v) is 21.0. The van der Waals surface area contributed by atoms with E-state index < -0.39 is 0 Å². The van der Waals surface area contributed by atoms with Gasteiger partial charge in [-0.2, -0.15) is 0 Å². The quantitative estimate of drug-likeness (QED) is 0.433. The minimum atomic E-state index is -0.295. The highest BCUT2D eigenvalue weighted by molar-refractivity contribution is 7.19. The maximum atomic E-state index is 14.5. The lowest BCUT2D eigenvalue weighted by molar-refractivity contribution is 0.122. The van der Waals surface area contributed by atoms with Crippen molar-refractivity contribution in [3.63, 3.8) is 0 Å². The molecule has 3 aromatic heterocycles. The Hall–Kier alpha value is -2.59. The number of nitrogens with one attached hydrogen (secondary N) is 2. The van der Waals surface area contributed by atoms with Crippen LogP contribution in [0.15, 0.2) is 30.5 Å². The molecule has 2 saturated heterocycles. The van der Waals surface area contributed by atoms with Gasteiger partial charge < -0.3 is 19.9 Å². The van der Waals surface area contributed by atoms with Crippen LogP contribution < -0.4 is 10.2 Å². The van der Waals surface area contributed by atoms with Crippen molar-refractivity contribution in [3.05, 3.63) is 41.2 Å². The van der Waals surface area contributed by atoms with Crippen LogP contribution in [0.4, 0.5) is 10.2 Å². The number of benzene rings is 1. The lowest BCUT2D eigenvalue weighted by atomic mass is 10.0. The van der Waals surface area contributed by atoms with E-state index in [9.17, 15) is 4.39 Å². The SMILES string of the molecule is CC(C)C1CN(Cc2cc3nc(-c4cc(F)cc5[nH]ccc45)nc(N4CCOCC4)c3s2)CCN1. The van der Waals surface area contributed by atoms with Crippen LogP contribution in [0, 0.1) is 11.7 Å². The van der Waals surface area contributed by atoms with Crippen LogP contribution in [0.25, 0.3) is 32.5 Å². The van der Waals surface area contributed by atoms with Crippen molar-refractivity contribution in [1.82, 2.24) is 25.2 Å². The molecule has 7 nitrogen and oxygen atoms in total. The molecule has 2 aliphatic heterocycles. The molecule has 0 saturated carbocycles. The van der Waals surface area contributed by atoms with Crippen molar-refractivity contribution in [2.24, 2.45) is 5.92 Å². The standard InChI is InChI=1S/C26H31FN6OS/c1-16(2)23-15-32(6-5-29-23)14-18-13-22-24(35-18)26(33-7-9-34-10-8-33)31-25(30-22)20-11-17(27)12-21-19(20)3-4-28-21/h3-4,11-13,16,23,28-29H,5-10,14-15H2,1-2H3. The highest BCUT2D eigenvalue weighted by Crippen LogP contribution is 2.36. The molecule has 5 heterocycles. The molecule has 2 fully saturated rings. The summed E-state index contributed by atoms with van der Waals surface area (Å²) in [5.41, 5.74) is 2.40. The summed E-state index contributed by atoms with van der Waals surface area (Å²) < 4.78 is 21.2. The molecule has 1 atom stereocenters. The molecule has 0 amide bonds. The molecule has 0 spiro atoms. The topological polar surface area (TPSA) is 69.3 Å². The number of piperazine rings is 1. The van der Waals surface area contributed by atoms with E-state index in [4.69, 9.17) is 14.7 Å². The van der Waals surface area contributed by atoms with Crippen molar-refractivity contribution >= 4 is 38.3 Å². The largest absolute Gasteiger partial charge is 0.378 e. The van der Waals surface area contributed by atoms with Crippen LogP contribution in [0.3, 0.4) is 0 Å². The smallest absolute Gasteiger partial charge is 0.163 e. The number of morpholine rings is 1. The van der Waals surface area contributed by atoms with E-state index in [0.717, 1.165) is 66.2 Å². The Labute approximate surface area is 208 Å². The number of H-pyrrole nitrogens is 1. The summed E-state index contributed by atoms with van der Waals surface area (Å²) in [5.74, 6) is 1.81. The van der Waals surface area contributed by atoms with Gasteiger partial charge in [0.25, 0.3) is 0 Å². The second-order valence-electron chi connectivity index (χ2n) is 9.83. The molecular weight excluding hydrogens is 463 g/mol. The van der Waals surface area contributed by atoms with Crippen LogP contribution >= 0.6 is 11.3 Å². The number of nitrogens with zero attached hydrogens (tertiary/aromatic N) is 4. The average Bonchev–Trinajstić information content (AvgIpc) is 3.50. The number of thiophene rings is 1. The fourth-order valence-corrected chi connectivity index (χ4v) is 6.28. The van der Waals surface area contributed by atoms with E-state index in [0.29, 0.717) is 36.6 Å². The summed E-state index contributed by atoms with van der Waals surface area (Å²) in [6, 6.07) is 7.74. The predicted octanol–water partition coefficient (Wildman–Crippen LogP) is 4.25. The van der Waals surface area contributed by atoms with Crippen molar-refractivity contribution in [2.45, 2.75) is 26.4 Å². The number of hydrogen-bond acceptors (Lipinski definition) is 7. The predicted molar refractivity (Wildman–Crippen MR) is 140 cm³/mol. The number of aromatic amines is 1. The summed E-state index contributed by atoms with van der Waals surface area (Å²) >= 11 is 1.78. The van der Waals surface area contributed by atoms with Crippen LogP contribution in [0.1, 0.15) is 18.7 Å². The Morgan fingerprint density at radius 2 is 2.03 bits per heavy atom. The minimum Gasteiger partial charge on any atom is -0.378 e. The van der Waals surface area contributed by atoms with Gasteiger partial charge in [-0.05, 0) is 30.2 Å². The van der Waals surface area contributed by atoms with Crippen LogP contribution in [-0.4, -0.2) is 71.8 Å². The van der Waals surface area contributed by atoms with Crippen molar-refractivity contribution in [2.75, 3.05) is 50.8 Å². The van der Waals surface area contributed by atoms with E-state index in [-0.39, 0.29) is 5.82 Å². The van der Waals surface area contributed by atoms with Gasteiger partial charge in [0.05, 0.1) is 23.4 Å². The van der Waals surface area contributed by atoms with Crippen LogP contribution in [0.5, 0.6) is 0 Å². The van der Waals surface area contributed by atoms with Gasteiger partial charge in [-0.1, -0.05) is 13.8 Å². The highest BCUT2D eigenvalue weighted by Gasteiger charge is 2.24. The zero-order chi connectivity index (χ0) is 23.9. The lowest BCUT2D eigenvalue weighted by Crippen LogP contribution is -2.52. The summed E-state index contributed by atoms with van der Waals surface area (Å²) in [4.78, 5) is 19.2. The molecule has 184 valence electrons. The average molecular weight is 495 g/mol. The van der Waals surface area contributed by atoms with Crippen LogP contribution in [-0.2, 0) is 11.3 Å². The fraction of sp³-hybridized carbons (Fsp3) is 0.462. The maximum absolute atomic E-state index is 14.5. The fourth-order valence-electron chi connectivity index (χ4n) is 5.12. The molecule has 4 aromatic rings. The molecule has 6 rings (SSSR count). The summed E-state index contributed by atoms with van der Waals surface area (Å²) in [6.45, 7) is 11.5. The van der Waals surface area contributed by atoms with Gasteiger partial charge in [-0.15, -0.1) is 11.3 Å². The number of anilines is 1. The third-order valence-electron chi connectivity index (χ3n) is 7.06. The summed E-state index contributed by atoms with van der Waals surface area (Å²) in [6.07, 6.45) is 1.83. The van der Waals surface area contributed by atoms with E-state index in [1.165, 1.54) is 10.9 Å². The molecule has 35 heavy (non-hydrogen) atoms. The van der Waals surface area contributed by atoms with Crippen molar-refractivity contribution in [3.8, 4) is 11.4 Å². The van der Waals surface area contributed by atoms with Gasteiger partial charge in [-0.25, -0.2) is 14.4 Å². The van der Waals surface area contributed by atoms with Gasteiger partial charge in [-0.3, -0.25) is 4.90 Å². The molecule has 0 radical (unpaired) electrons. The minimum absolute atomic E-state index is 0.295. The van der Waals surface area contributed by atoms with Gasteiger partial charge in [0.1, 0.15) is 5.82 Å². The molecule has 0 bridgehead atoms. The Balaban J connectivity index is 1.41. The van der Waals surface area contributed by atoms with Gasteiger partial charge in [0.2, 0.25) is 0 Å². The molecule has 9 heteroatoms. The second-order valence-corrected chi connectivity index (χ2v) is 11.0. The monoisotopic (exact) mass is 494 g/mol. The van der Waals surface area contributed by atoms with E-state index >= 15 is 0 Å². The Morgan fingerprint density at radius 1 is 1.17 bits per heavy atom. The first-order valence-corrected chi connectivity index (χ1v) is 13.2. The molecule has 1 unspecified atom stereocenters. The van der Waals surface area contributed by atoms with Gasteiger partial charge in [0.15, 0.2) is 11.6 Å². The van der Waals surface area contributed by atoms with E-state index in [1.807, 2.05) is 12.3 Å². The molecule has 0 aliphatic carbocycles. The first kappa shape index (κ1) is 22.8. The number of ether oxygens (including phenoxy) is 1. The Bertz CT molecular complexity index is 1340. The number of aromatic nitrogens is 3. The first-order valence-electron chi connectivity index (χ1n) is 12.4. The molecule has 2 aliphatic rings. The first-order chi connectivity index (χ1) is 17.0. The van der Waals surface area contributed by atoms with E-state index in [1.54, 1.807) is 17.4 Å². The van der Waals surface area contributed by atoms with Gasteiger partial charge in [0, 0.05) is 72.9 Å². The third kappa shape index (κ3) is 4.53. The number of hydrogen-bond donors (Lipinski definition) is 2. The van der Waals surface area contributed by atoms with Crippen LogP contribution in [0.2, 0.25) is 0 Å². The third-order valence-corrected chi connectivity index (χ3v) is 8.17. The number of rotatable bonds is 5. The van der Waals surface area contributed by atoms with Crippen molar-refractivity contribution in [1.29, 1.82) is 0 Å². The van der Waals surface area contributed by atoms with Crippen molar-refractivity contribution < 1.29 is 9.13 Å². The summed E-state index contributed by atoms with van der Waals surface area (Å²) in [5, 5.41) is 4.57. The molecule has 2 N–H and O–H groups in total. The number of fused-ring (bicyclic) bond motifs is 2. The lowest BCUT2D eigenvalue weighted by Gasteiger charge is -2.35. The number of halogens is 1. The molecule has 1 aromatic carbocycles. The second kappa shape index (κ2) is 9.46. The highest BCUT2D eigenvalue weighted by atomic mass is 32.1. The summed E-state index contributed by atoms with van der Waals surface area (Å²) in [7, 11) is 0. The Morgan fingerprint density at radius 3 is 2.86 bits per heavy atom. The molecular formula is C26H31FN6OS. The normalized spacial score (nSPS) is 19.9. The van der Waals surface area contributed by atoms with E-state index in [2.05, 4.69) is 40.0 Å². The zero-order valence-electron chi connectivity index (χ0n) is 20.2. The van der Waals surface area contributed by atoms with Gasteiger partial charge >= 0.3 is 0 Å². The Kier molecular flexibility index (Phi) is 6.18. The maximum Gasteiger partial charge on any atom is 0.163 e.